The van der Waals surface area contributed by atoms with Crippen LogP contribution in [0.25, 0.3) is 5.69 Å². The molecular weight excluding hydrogens is 324 g/mol. The largest absolute Gasteiger partial charge is 0.433 e. The van der Waals surface area contributed by atoms with Gasteiger partial charge in [-0.3, -0.25) is 14.4 Å². The molecule has 0 atom stereocenters. The number of benzene rings is 1. The van der Waals surface area contributed by atoms with Gasteiger partial charge in [0.1, 0.15) is 5.69 Å². The second-order valence-electron chi connectivity index (χ2n) is 4.42. The van der Waals surface area contributed by atoms with Crippen LogP contribution in [0.5, 0.6) is 5.75 Å². The van der Waals surface area contributed by atoms with E-state index in [1.54, 1.807) is 6.07 Å². The summed E-state index contributed by atoms with van der Waals surface area (Å²) in [6.45, 7) is -1.55. The van der Waals surface area contributed by atoms with Crippen LogP contribution in [0, 0.1) is 6.92 Å². The van der Waals surface area contributed by atoms with Gasteiger partial charge < -0.3 is 4.74 Å². The molecule has 0 saturated heterocycles. The molecule has 0 bridgehead atoms. The number of nitrogens with one attached hydrogen (secondary N) is 1. The summed E-state index contributed by atoms with van der Waals surface area (Å²) in [5.41, 5.74) is 1.32. The number of carbonyl (C=O) groups excluding carboxylic acids is 1. The van der Waals surface area contributed by atoms with Gasteiger partial charge >= 0.3 is 6.61 Å². The van der Waals surface area contributed by atoms with Gasteiger partial charge in [0, 0.05) is 11.8 Å². The van der Waals surface area contributed by atoms with Crippen molar-refractivity contribution in [2.45, 2.75) is 21.0 Å². The summed E-state index contributed by atoms with van der Waals surface area (Å²) in [4.78, 5) is 28.3. The maximum Gasteiger partial charge on any atom is 0.387 e. The van der Waals surface area contributed by atoms with Gasteiger partial charge in [0.15, 0.2) is 11.4 Å². The van der Waals surface area contributed by atoms with E-state index in [-0.39, 0.29) is 24.4 Å². The Hall–Kier alpha value is -2.81. The summed E-state index contributed by atoms with van der Waals surface area (Å²) in [5, 5.41) is 3.88. The number of alkyl halides is 2. The molecule has 0 fully saturated rings. The SMILES string of the molecule is C.CONC(=O)c1nn(-c2ccccc2OC(F)F)cc(C)c1=O. The fraction of sp³-hybridized carbons (Fsp3) is 0.267. The zero-order chi connectivity index (χ0) is 17.0. The predicted molar refractivity (Wildman–Crippen MR) is 82.4 cm³/mol. The number of amides is 1. The zero-order valence-electron chi connectivity index (χ0n) is 12.2. The van der Waals surface area contributed by atoms with Crippen LogP contribution in [0.3, 0.4) is 0 Å². The van der Waals surface area contributed by atoms with Crippen LogP contribution in [0.1, 0.15) is 23.5 Å². The van der Waals surface area contributed by atoms with Gasteiger partial charge in [0.25, 0.3) is 5.91 Å². The normalized spacial score (nSPS) is 10.2. The Morgan fingerprint density at radius 1 is 1.33 bits per heavy atom. The Morgan fingerprint density at radius 2 is 2.00 bits per heavy atom. The monoisotopic (exact) mass is 341 g/mol. The second kappa shape index (κ2) is 8.16. The lowest BCUT2D eigenvalue weighted by Gasteiger charge is -2.13. The van der Waals surface area contributed by atoms with E-state index in [2.05, 4.69) is 14.7 Å². The van der Waals surface area contributed by atoms with Crippen LogP contribution in [0.2, 0.25) is 0 Å². The van der Waals surface area contributed by atoms with E-state index in [1.807, 2.05) is 5.48 Å². The Labute approximate surface area is 136 Å². The lowest BCUT2D eigenvalue weighted by atomic mass is 10.2. The van der Waals surface area contributed by atoms with Crippen LogP contribution in [-0.4, -0.2) is 29.4 Å². The molecule has 0 radical (unpaired) electrons. The highest BCUT2D eigenvalue weighted by atomic mass is 19.3. The first kappa shape index (κ1) is 19.2. The molecule has 130 valence electrons. The molecule has 7 nitrogen and oxygen atoms in total. The van der Waals surface area contributed by atoms with E-state index in [0.29, 0.717) is 0 Å². The third-order valence-electron chi connectivity index (χ3n) is 2.83. The van der Waals surface area contributed by atoms with Gasteiger partial charge in [-0.1, -0.05) is 19.6 Å². The number of para-hydroxylation sites is 2. The molecule has 1 aromatic heterocycles. The number of rotatable bonds is 5. The Bertz CT molecular complexity index is 778. The first-order valence-corrected chi connectivity index (χ1v) is 6.42. The number of halogens is 2. The minimum absolute atomic E-state index is 0. The Kier molecular flexibility index (Phi) is 6.54. The van der Waals surface area contributed by atoms with E-state index in [4.69, 9.17) is 0 Å². The van der Waals surface area contributed by atoms with Gasteiger partial charge in [0.2, 0.25) is 5.43 Å². The van der Waals surface area contributed by atoms with Crippen molar-refractivity contribution in [3.05, 3.63) is 51.9 Å². The van der Waals surface area contributed by atoms with Crippen molar-refractivity contribution in [3.63, 3.8) is 0 Å². The summed E-state index contributed by atoms with van der Waals surface area (Å²) in [6, 6.07) is 5.88. The maximum absolute atomic E-state index is 12.5. The molecule has 1 heterocycles. The van der Waals surface area contributed by atoms with E-state index >= 15 is 0 Å². The average molecular weight is 341 g/mol. The van der Waals surface area contributed by atoms with E-state index in [0.717, 1.165) is 4.68 Å². The van der Waals surface area contributed by atoms with Gasteiger partial charge in [0.05, 0.1) is 7.11 Å². The van der Waals surface area contributed by atoms with Crippen LogP contribution in [0.4, 0.5) is 8.78 Å². The lowest BCUT2D eigenvalue weighted by molar-refractivity contribution is -0.0499. The van der Waals surface area contributed by atoms with Crippen molar-refractivity contribution in [3.8, 4) is 11.4 Å². The summed E-state index contributed by atoms with van der Waals surface area (Å²) >= 11 is 0. The molecule has 2 aromatic rings. The number of hydroxylamine groups is 1. The van der Waals surface area contributed by atoms with Crippen LogP contribution in [-0.2, 0) is 4.84 Å². The molecule has 0 saturated carbocycles. The quantitative estimate of drug-likeness (QED) is 0.842. The minimum atomic E-state index is -3.02. The topological polar surface area (TPSA) is 82.4 Å². The number of nitrogens with zero attached hydrogens (tertiary/aromatic N) is 2. The van der Waals surface area contributed by atoms with E-state index in [1.165, 1.54) is 38.4 Å². The van der Waals surface area contributed by atoms with Crippen LogP contribution in [0.15, 0.2) is 35.3 Å². The van der Waals surface area contributed by atoms with Crippen molar-refractivity contribution in [1.82, 2.24) is 15.3 Å². The molecular formula is C15H17F2N3O4. The summed E-state index contributed by atoms with van der Waals surface area (Å²) in [6.07, 6.45) is 1.32. The number of carbonyl (C=O) groups is 1. The van der Waals surface area contributed by atoms with Gasteiger partial charge in [-0.15, -0.1) is 0 Å². The zero-order valence-corrected chi connectivity index (χ0v) is 12.2. The summed E-state index contributed by atoms with van der Waals surface area (Å²) < 4.78 is 30.5. The highest BCUT2D eigenvalue weighted by Gasteiger charge is 2.17. The number of hydrogen-bond acceptors (Lipinski definition) is 5. The third kappa shape index (κ3) is 4.13. The number of hydrogen-bond donors (Lipinski definition) is 1. The minimum Gasteiger partial charge on any atom is -0.433 e. The van der Waals surface area contributed by atoms with E-state index < -0.39 is 23.6 Å². The molecule has 1 amide bonds. The first-order chi connectivity index (χ1) is 10.9. The number of aryl methyl sites for hydroxylation is 1. The van der Waals surface area contributed by atoms with E-state index in [9.17, 15) is 18.4 Å². The molecule has 1 aromatic carbocycles. The number of aromatic nitrogens is 2. The Balaban J connectivity index is 0.00000288. The van der Waals surface area contributed by atoms with Gasteiger partial charge in [-0.25, -0.2) is 10.2 Å². The fourth-order valence-electron chi connectivity index (χ4n) is 1.87. The standard InChI is InChI=1S/C14H13F2N3O4.CH4/c1-8-7-19(17-11(12(8)20)13(21)18-22-2)9-5-3-4-6-10(9)23-14(15)16;/h3-7,14H,1-2H3,(H,18,21);1H4. The summed E-state index contributed by atoms with van der Waals surface area (Å²) in [7, 11) is 1.21. The van der Waals surface area contributed by atoms with Crippen molar-refractivity contribution >= 4 is 5.91 Å². The molecule has 9 heteroatoms. The fourth-order valence-corrected chi connectivity index (χ4v) is 1.87. The van der Waals surface area contributed by atoms with Crippen LogP contribution < -0.4 is 15.6 Å². The lowest BCUT2D eigenvalue weighted by Crippen LogP contribution is -2.32. The highest BCUT2D eigenvalue weighted by Crippen LogP contribution is 2.23. The molecule has 0 aliphatic heterocycles. The maximum atomic E-state index is 12.5. The average Bonchev–Trinajstić information content (AvgIpc) is 2.50. The molecule has 2 rings (SSSR count). The predicted octanol–water partition coefficient (Wildman–Crippen LogP) is 2.07. The van der Waals surface area contributed by atoms with Crippen LogP contribution >= 0.6 is 0 Å². The smallest absolute Gasteiger partial charge is 0.387 e. The molecule has 0 aliphatic carbocycles. The van der Waals surface area contributed by atoms with Gasteiger partial charge in [-0.05, 0) is 19.1 Å². The Morgan fingerprint density at radius 3 is 2.62 bits per heavy atom. The molecule has 0 spiro atoms. The molecule has 1 N–H and O–H groups in total. The van der Waals surface area contributed by atoms with Crippen molar-refractivity contribution in [1.29, 1.82) is 0 Å². The highest BCUT2D eigenvalue weighted by molar-refractivity contribution is 5.91. The molecule has 0 aliphatic rings. The van der Waals surface area contributed by atoms with Crippen molar-refractivity contribution in [2.24, 2.45) is 0 Å². The third-order valence-corrected chi connectivity index (χ3v) is 2.83. The van der Waals surface area contributed by atoms with Crippen molar-refractivity contribution < 1.29 is 23.1 Å². The van der Waals surface area contributed by atoms with Gasteiger partial charge in [-0.2, -0.15) is 13.9 Å². The van der Waals surface area contributed by atoms with Crippen molar-refractivity contribution in [2.75, 3.05) is 7.11 Å². The second-order valence-corrected chi connectivity index (χ2v) is 4.42. The summed E-state index contributed by atoms with van der Waals surface area (Å²) in [5.74, 6) is -0.988. The first-order valence-electron chi connectivity index (χ1n) is 6.42. The number of ether oxygens (including phenoxy) is 1. The molecule has 0 unspecified atom stereocenters. The molecule has 24 heavy (non-hydrogen) atoms.